The van der Waals surface area contributed by atoms with Crippen molar-refractivity contribution >= 4 is 159 Å². The van der Waals surface area contributed by atoms with Crippen LogP contribution in [-0.2, 0) is 53.1 Å². The van der Waals surface area contributed by atoms with Gasteiger partial charge in [-0.05, 0) is 255 Å². The van der Waals surface area contributed by atoms with E-state index in [9.17, 15) is 0 Å². The first-order valence-corrected chi connectivity index (χ1v) is 54.6. The van der Waals surface area contributed by atoms with Crippen LogP contribution in [0.25, 0.3) is 0 Å². The van der Waals surface area contributed by atoms with Gasteiger partial charge in [0.25, 0.3) is 0 Å². The minimum atomic E-state index is -2.65. The lowest BCUT2D eigenvalue weighted by Crippen LogP contribution is -2.46. The van der Waals surface area contributed by atoms with Crippen LogP contribution in [0.1, 0.15) is 173 Å². The minimum absolute atomic E-state index is 0.635. The second-order valence-electron chi connectivity index (χ2n) is 20.1. The molecule has 12 nitrogen and oxygen atoms in total. The molecule has 6 atom stereocenters. The normalized spacial score (nSPS) is 20.3. The van der Waals surface area contributed by atoms with Crippen LogP contribution in [0.2, 0.25) is 24.2 Å². The van der Waals surface area contributed by atoms with E-state index in [1.54, 1.807) is 0 Å². The Hall–Kier alpha value is 4.59. The molecule has 0 N–H and O–H groups in total. The Labute approximate surface area is 553 Å². The van der Waals surface area contributed by atoms with Crippen molar-refractivity contribution in [3.05, 3.63) is 0 Å². The van der Waals surface area contributed by atoms with Crippen LogP contribution in [0.15, 0.2) is 0 Å². The summed E-state index contributed by atoms with van der Waals surface area (Å²) in [5, 5.41) is 0. The van der Waals surface area contributed by atoms with Gasteiger partial charge in [0.05, 0.1) is 0 Å². The summed E-state index contributed by atoms with van der Waals surface area (Å²) in [6, 6.07) is 3.62. The SMILES string of the molecule is CCO[Si](CCCSSSSCCC1CC(CC[Si](OCC)(OCC)OCC)CCC1CCSSSSCCC1CCC(CC[Si](OCC)(OCC)OCC)CC1CCSSSSCCC[Si](OCC)(OCC)OCC)(OCC)OCC. The van der Waals surface area contributed by atoms with Crippen molar-refractivity contribution in [2.24, 2.45) is 35.5 Å². The zero-order valence-corrected chi connectivity index (χ0v) is 66.5. The maximum absolute atomic E-state index is 6.29. The van der Waals surface area contributed by atoms with Crippen LogP contribution >= 0.6 is 124 Å². The topological polar surface area (TPSA) is 111 Å². The molecule has 0 aromatic carbocycles. The summed E-state index contributed by atoms with van der Waals surface area (Å²) < 4.78 is 74.2. The summed E-state index contributed by atoms with van der Waals surface area (Å²) in [5.74, 6) is 11.5. The monoisotopic (exact) mass is 1450 g/mol. The van der Waals surface area contributed by atoms with Crippen molar-refractivity contribution in [3.8, 4) is 0 Å². The van der Waals surface area contributed by atoms with E-state index in [1.165, 1.54) is 87.2 Å². The smallest absolute Gasteiger partial charge is 0.374 e. The van der Waals surface area contributed by atoms with Gasteiger partial charge in [-0.15, -0.1) is 0 Å². The Morgan fingerprint density at radius 3 is 0.720 bits per heavy atom. The maximum Gasteiger partial charge on any atom is 0.500 e. The van der Waals surface area contributed by atoms with Crippen molar-refractivity contribution in [3.63, 3.8) is 0 Å². The Morgan fingerprint density at radius 2 is 0.476 bits per heavy atom. The Bertz CT molecular complexity index is 1300. The third-order valence-corrected chi connectivity index (χ3v) is 46.8. The molecule has 0 bridgehead atoms. The third-order valence-electron chi connectivity index (χ3n) is 14.7. The van der Waals surface area contributed by atoms with Crippen LogP contribution < -0.4 is 0 Å². The van der Waals surface area contributed by atoms with E-state index in [1.807, 2.05) is 144 Å². The van der Waals surface area contributed by atoms with Gasteiger partial charge in [-0.3, -0.25) is 0 Å². The minimum Gasteiger partial charge on any atom is -0.374 e. The first-order chi connectivity index (χ1) is 40.0. The van der Waals surface area contributed by atoms with Gasteiger partial charge in [0, 0.05) is 138 Å². The van der Waals surface area contributed by atoms with Crippen LogP contribution in [0, 0.1) is 35.5 Å². The largest absolute Gasteiger partial charge is 0.500 e. The van der Waals surface area contributed by atoms with Crippen molar-refractivity contribution in [1.29, 1.82) is 0 Å². The van der Waals surface area contributed by atoms with Gasteiger partial charge in [0.15, 0.2) is 0 Å². The molecule has 0 heterocycles. The fourth-order valence-corrected chi connectivity index (χ4v) is 41.4. The average molecular weight is 1450 g/mol. The van der Waals surface area contributed by atoms with Crippen molar-refractivity contribution < 1.29 is 53.1 Å². The lowest BCUT2D eigenvalue weighted by atomic mass is 9.71. The lowest BCUT2D eigenvalue weighted by Gasteiger charge is -2.38. The van der Waals surface area contributed by atoms with Gasteiger partial charge in [-0.2, -0.15) is 0 Å². The Morgan fingerprint density at radius 1 is 0.256 bits per heavy atom. The fourth-order valence-electron chi connectivity index (χ4n) is 11.4. The summed E-state index contributed by atoms with van der Waals surface area (Å²) in [6.45, 7) is 32.3. The molecule has 2 aliphatic rings. The van der Waals surface area contributed by atoms with Crippen LogP contribution in [0.4, 0.5) is 0 Å². The average Bonchev–Trinajstić information content (AvgIpc) is 3.56. The zero-order chi connectivity index (χ0) is 59.9. The van der Waals surface area contributed by atoms with Gasteiger partial charge in [0.1, 0.15) is 0 Å². The van der Waals surface area contributed by atoms with E-state index in [2.05, 4.69) is 63.1 Å². The van der Waals surface area contributed by atoms with Crippen LogP contribution in [0.3, 0.4) is 0 Å². The Balaban J connectivity index is 1.92. The molecule has 2 saturated carbocycles. The lowest BCUT2D eigenvalue weighted by molar-refractivity contribution is 0.0666. The predicted molar refractivity (Wildman–Crippen MR) is 388 cm³/mol. The predicted octanol–water partition coefficient (Wildman–Crippen LogP) is 20.4. The molecule has 28 heteroatoms. The summed E-state index contributed by atoms with van der Waals surface area (Å²) in [4.78, 5) is 0. The summed E-state index contributed by atoms with van der Waals surface area (Å²) in [7, 11) is 13.5. The first-order valence-electron chi connectivity index (χ1n) is 31.4. The molecular formula is C54H114O12S12Si4. The van der Waals surface area contributed by atoms with Crippen molar-refractivity contribution in [2.75, 3.05) is 114 Å². The Kier molecular flexibility index (Phi) is 54.3. The van der Waals surface area contributed by atoms with Crippen LogP contribution in [0.5, 0.6) is 0 Å². The molecule has 0 aliphatic heterocycles. The van der Waals surface area contributed by atoms with Gasteiger partial charge < -0.3 is 53.1 Å². The van der Waals surface area contributed by atoms with Gasteiger partial charge in [-0.1, -0.05) is 77.6 Å². The van der Waals surface area contributed by atoms with E-state index < -0.39 is 35.2 Å². The van der Waals surface area contributed by atoms with E-state index in [4.69, 9.17) is 53.1 Å². The molecule has 0 aromatic heterocycles. The van der Waals surface area contributed by atoms with E-state index >= 15 is 0 Å². The second kappa shape index (κ2) is 53.9. The summed E-state index contributed by atoms with van der Waals surface area (Å²) in [6.07, 6.45) is 17.5. The van der Waals surface area contributed by atoms with E-state index in [-0.39, 0.29) is 0 Å². The van der Waals surface area contributed by atoms with E-state index in [0.717, 1.165) is 85.0 Å². The standard InChI is InChI=1S/C54H114O12S12Si4/c1-13-55-79(56-14-2,57-15-3)43-25-37-67-73-75-71-41-33-53-47-49(35-45-81(61-19-7,62-20-8)63-21-9)27-29-51(53)31-39-69-77-78-70-40-32-52-30-28-50(36-46-82(64-22-10,65-23-11)66-24-12)48-54(52)34-42-72-76-74-68-38-26-44-80(58-16-4,59-17-5)60-18-6/h49-54H,13-48H2,1-12H3. The molecule has 2 aliphatic carbocycles. The molecule has 2 rings (SSSR count). The highest BCUT2D eigenvalue weighted by Crippen LogP contribution is 2.50. The molecule has 490 valence electrons. The molecule has 2 fully saturated rings. The molecular weight excluding hydrogens is 1340 g/mol. The molecule has 82 heavy (non-hydrogen) atoms. The first kappa shape index (κ1) is 82.7. The number of hydrogen-bond acceptors (Lipinski definition) is 24. The molecule has 0 radical (unpaired) electrons. The highest BCUT2D eigenvalue weighted by Gasteiger charge is 2.44. The summed E-state index contributed by atoms with van der Waals surface area (Å²) >= 11 is 0. The maximum atomic E-state index is 6.29. The quantitative estimate of drug-likeness (QED) is 0.0327. The fraction of sp³-hybridized carbons (Fsp3) is 1.00. The molecule has 0 aromatic rings. The number of rotatable bonds is 59. The molecule has 6 unspecified atom stereocenters. The molecule has 0 saturated heterocycles. The van der Waals surface area contributed by atoms with Gasteiger partial charge in [-0.25, -0.2) is 0 Å². The summed E-state index contributed by atoms with van der Waals surface area (Å²) in [5.41, 5.74) is 0. The highest BCUT2D eigenvalue weighted by molar-refractivity contribution is 9.27. The third kappa shape index (κ3) is 36.3. The molecule has 0 amide bonds. The van der Waals surface area contributed by atoms with Crippen molar-refractivity contribution in [2.45, 2.75) is 197 Å². The van der Waals surface area contributed by atoms with Crippen molar-refractivity contribution in [1.82, 2.24) is 0 Å². The second-order valence-corrected chi connectivity index (χ2v) is 49.8. The highest BCUT2D eigenvalue weighted by atomic mass is 33.7. The van der Waals surface area contributed by atoms with Gasteiger partial charge >= 0.3 is 35.2 Å². The zero-order valence-electron chi connectivity index (χ0n) is 52.7. The van der Waals surface area contributed by atoms with Crippen LogP contribution in [-0.4, -0.2) is 149 Å². The number of hydrogen-bond donors (Lipinski definition) is 0. The van der Waals surface area contributed by atoms with Gasteiger partial charge in [0.2, 0.25) is 0 Å². The van der Waals surface area contributed by atoms with E-state index in [0.29, 0.717) is 91.1 Å². The molecule has 0 spiro atoms.